The minimum atomic E-state index is -0.997. The predicted molar refractivity (Wildman–Crippen MR) is 131 cm³/mol. The number of fused-ring (bicyclic) bond motifs is 3. The predicted octanol–water partition coefficient (Wildman–Crippen LogP) is 5.79. The topological polar surface area (TPSA) is 73.0 Å². The number of hydrogen-bond acceptors (Lipinski definition) is 4. The van der Waals surface area contributed by atoms with Crippen LogP contribution in [0.5, 0.6) is 5.75 Å². The van der Waals surface area contributed by atoms with Crippen molar-refractivity contribution in [2.24, 2.45) is 5.16 Å². The number of nitrogens with zero attached hydrogens (tertiary/aromatic N) is 2. The van der Waals surface area contributed by atoms with Gasteiger partial charge in [0, 0.05) is 21.8 Å². The largest absolute Gasteiger partial charge is 0.482 e. The average Bonchev–Trinajstić information content (AvgIpc) is 3.14. The third kappa shape index (κ3) is 5.00. The van der Waals surface area contributed by atoms with Gasteiger partial charge in [-0.05, 0) is 54.8 Å². The fourth-order valence-electron chi connectivity index (χ4n) is 4.11. The molecule has 0 atom stereocenters. The van der Waals surface area contributed by atoms with Crippen molar-refractivity contribution in [1.29, 1.82) is 0 Å². The molecule has 0 aliphatic carbocycles. The number of aryl methyl sites for hydroxylation is 1. The van der Waals surface area contributed by atoms with Gasteiger partial charge in [0.1, 0.15) is 12.4 Å². The van der Waals surface area contributed by atoms with E-state index in [-0.39, 0.29) is 6.61 Å². The van der Waals surface area contributed by atoms with Crippen LogP contribution in [0.15, 0.2) is 71.9 Å². The number of aliphatic carboxylic acids is 1. The molecule has 6 heteroatoms. The van der Waals surface area contributed by atoms with Crippen LogP contribution in [0, 0.1) is 6.92 Å². The Morgan fingerprint density at radius 2 is 1.67 bits per heavy atom. The molecule has 3 aromatic carbocycles. The highest BCUT2D eigenvalue weighted by Crippen LogP contribution is 2.28. The first kappa shape index (κ1) is 22.4. The molecule has 0 aliphatic heterocycles. The van der Waals surface area contributed by atoms with Gasteiger partial charge in [-0.1, -0.05) is 54.9 Å². The van der Waals surface area contributed by atoms with Crippen LogP contribution in [0.2, 0.25) is 0 Å². The average molecular weight is 445 g/mol. The number of carboxylic acid groups (broad SMARTS) is 1. The summed E-state index contributed by atoms with van der Waals surface area (Å²) in [5, 5.41) is 15.8. The maximum Gasteiger partial charge on any atom is 0.341 e. The number of para-hydroxylation sites is 2. The van der Waals surface area contributed by atoms with Crippen LogP contribution in [-0.2, 0) is 16.2 Å². The van der Waals surface area contributed by atoms with Crippen LogP contribution < -0.4 is 4.74 Å². The lowest BCUT2D eigenvalue weighted by Crippen LogP contribution is -2.10. The molecule has 4 rings (SSSR count). The summed E-state index contributed by atoms with van der Waals surface area (Å²) in [5.74, 6) is -0.437. The number of aromatic nitrogens is 1. The first-order valence-corrected chi connectivity index (χ1v) is 11.2. The van der Waals surface area contributed by atoms with E-state index in [9.17, 15) is 4.79 Å². The highest BCUT2D eigenvalue weighted by molar-refractivity contribution is 6.08. The second kappa shape index (κ2) is 10.2. The number of ether oxygens (including phenoxy) is 1. The third-order valence-corrected chi connectivity index (χ3v) is 5.61. The first-order valence-electron chi connectivity index (χ1n) is 11.2. The van der Waals surface area contributed by atoms with Crippen LogP contribution in [0.25, 0.3) is 21.8 Å². The van der Waals surface area contributed by atoms with Crippen molar-refractivity contribution in [3.8, 4) is 5.75 Å². The summed E-state index contributed by atoms with van der Waals surface area (Å²) >= 11 is 0. The lowest BCUT2D eigenvalue weighted by atomic mass is 10.0. The van der Waals surface area contributed by atoms with Gasteiger partial charge in [0.05, 0.1) is 12.3 Å². The Balaban J connectivity index is 1.49. The highest BCUT2D eigenvalue weighted by Gasteiger charge is 2.11. The molecule has 0 fully saturated rings. The summed E-state index contributed by atoms with van der Waals surface area (Å²) in [6, 6.07) is 22.5. The van der Waals surface area contributed by atoms with E-state index in [0.717, 1.165) is 29.7 Å². The Morgan fingerprint density at radius 1 is 1.00 bits per heavy atom. The zero-order valence-electron chi connectivity index (χ0n) is 19.0. The van der Waals surface area contributed by atoms with Gasteiger partial charge in [-0.25, -0.2) is 4.79 Å². The van der Waals surface area contributed by atoms with Gasteiger partial charge >= 0.3 is 5.97 Å². The summed E-state index contributed by atoms with van der Waals surface area (Å²) < 4.78 is 7.61. The number of oxime groups is 1. The van der Waals surface area contributed by atoms with Crippen LogP contribution in [0.4, 0.5) is 0 Å². The lowest BCUT2D eigenvalue weighted by molar-refractivity contribution is -0.139. The number of carbonyl (C=O) groups is 1. The molecular formula is C27H28N2O4. The molecule has 0 amide bonds. The molecule has 0 bridgehead atoms. The minimum Gasteiger partial charge on any atom is -0.482 e. The van der Waals surface area contributed by atoms with Gasteiger partial charge in [-0.15, -0.1) is 0 Å². The molecule has 33 heavy (non-hydrogen) atoms. The van der Waals surface area contributed by atoms with E-state index in [2.05, 4.69) is 65.2 Å². The SMILES string of the molecule is CCCC(=NOCCn1c2ccccc2c2ccccc21)c1ccc(OCC(=O)O)c(C)c1. The van der Waals surface area contributed by atoms with Gasteiger partial charge in [0.25, 0.3) is 0 Å². The normalized spacial score (nSPS) is 11.8. The number of benzene rings is 3. The molecule has 4 aromatic rings. The van der Waals surface area contributed by atoms with Crippen LogP contribution in [0.3, 0.4) is 0 Å². The second-order valence-corrected chi connectivity index (χ2v) is 7.97. The Kier molecular flexibility index (Phi) is 6.93. The van der Waals surface area contributed by atoms with E-state index in [1.54, 1.807) is 6.07 Å². The van der Waals surface area contributed by atoms with E-state index in [4.69, 9.17) is 14.7 Å². The maximum absolute atomic E-state index is 10.8. The molecule has 0 unspecified atom stereocenters. The molecule has 0 spiro atoms. The van der Waals surface area contributed by atoms with Gasteiger partial charge in [0.15, 0.2) is 6.61 Å². The smallest absolute Gasteiger partial charge is 0.341 e. The van der Waals surface area contributed by atoms with Crippen molar-refractivity contribution in [1.82, 2.24) is 4.57 Å². The molecule has 1 aromatic heterocycles. The Bertz CT molecular complexity index is 1250. The van der Waals surface area contributed by atoms with E-state index in [0.29, 0.717) is 18.9 Å². The monoisotopic (exact) mass is 444 g/mol. The Labute approximate surface area is 193 Å². The summed E-state index contributed by atoms with van der Waals surface area (Å²) in [7, 11) is 0. The minimum absolute atomic E-state index is 0.359. The summed E-state index contributed by atoms with van der Waals surface area (Å²) in [5.41, 5.74) is 5.06. The Morgan fingerprint density at radius 3 is 2.27 bits per heavy atom. The van der Waals surface area contributed by atoms with Crippen molar-refractivity contribution in [2.45, 2.75) is 33.2 Å². The highest BCUT2D eigenvalue weighted by atomic mass is 16.6. The molecule has 0 saturated carbocycles. The van der Waals surface area contributed by atoms with Gasteiger partial charge in [-0.2, -0.15) is 0 Å². The molecule has 1 heterocycles. The fraction of sp³-hybridized carbons (Fsp3) is 0.259. The number of hydrogen-bond donors (Lipinski definition) is 1. The summed E-state index contributed by atoms with van der Waals surface area (Å²) in [6.07, 6.45) is 1.72. The van der Waals surface area contributed by atoms with Crippen molar-refractivity contribution >= 4 is 33.5 Å². The zero-order chi connectivity index (χ0) is 23.2. The molecule has 170 valence electrons. The number of carboxylic acids is 1. The lowest BCUT2D eigenvalue weighted by Gasteiger charge is -2.11. The van der Waals surface area contributed by atoms with Crippen molar-refractivity contribution in [3.05, 3.63) is 77.9 Å². The van der Waals surface area contributed by atoms with E-state index in [1.807, 2.05) is 19.1 Å². The molecule has 0 radical (unpaired) electrons. The van der Waals surface area contributed by atoms with Gasteiger partial charge in [-0.3, -0.25) is 0 Å². The first-order chi connectivity index (χ1) is 16.1. The van der Waals surface area contributed by atoms with Crippen molar-refractivity contribution in [2.75, 3.05) is 13.2 Å². The Hall–Kier alpha value is -3.80. The van der Waals surface area contributed by atoms with Gasteiger partial charge in [0.2, 0.25) is 0 Å². The van der Waals surface area contributed by atoms with E-state index < -0.39 is 5.97 Å². The van der Waals surface area contributed by atoms with Crippen LogP contribution in [-0.4, -0.2) is 34.6 Å². The quantitative estimate of drug-likeness (QED) is 0.191. The van der Waals surface area contributed by atoms with Crippen molar-refractivity contribution < 1.29 is 19.5 Å². The molecule has 1 N–H and O–H groups in total. The zero-order valence-corrected chi connectivity index (χ0v) is 19.0. The van der Waals surface area contributed by atoms with E-state index >= 15 is 0 Å². The number of rotatable bonds is 10. The molecule has 0 saturated heterocycles. The van der Waals surface area contributed by atoms with Crippen LogP contribution >= 0.6 is 0 Å². The standard InChI is InChI=1S/C27H28N2O4/c1-3-8-23(20-13-14-26(19(2)17-20)32-18-27(30)31)28-33-16-15-29-24-11-6-4-9-21(24)22-10-5-7-12-25(22)29/h4-7,9-14,17H,3,8,15-16,18H2,1-2H3,(H,30,31). The van der Waals surface area contributed by atoms with E-state index in [1.165, 1.54) is 21.8 Å². The molecule has 0 aliphatic rings. The molecular weight excluding hydrogens is 416 g/mol. The molecule has 6 nitrogen and oxygen atoms in total. The van der Waals surface area contributed by atoms with Crippen molar-refractivity contribution in [3.63, 3.8) is 0 Å². The van der Waals surface area contributed by atoms with Crippen LogP contribution in [0.1, 0.15) is 30.9 Å². The van der Waals surface area contributed by atoms with Gasteiger partial charge < -0.3 is 19.2 Å². The maximum atomic E-state index is 10.8. The third-order valence-electron chi connectivity index (χ3n) is 5.61. The summed E-state index contributed by atoms with van der Waals surface area (Å²) in [4.78, 5) is 16.5. The summed E-state index contributed by atoms with van der Waals surface area (Å²) in [6.45, 7) is 4.78. The second-order valence-electron chi connectivity index (χ2n) is 7.97. The fourth-order valence-corrected chi connectivity index (χ4v) is 4.11.